The molecule has 0 bridgehead atoms. The van der Waals surface area contributed by atoms with E-state index < -0.39 is 10.2 Å². The number of hydrogen-bond acceptors (Lipinski definition) is 4. The zero-order chi connectivity index (χ0) is 16.6. The lowest BCUT2D eigenvalue weighted by atomic mass is 10.1. The first kappa shape index (κ1) is 15.8. The molecule has 8 heteroatoms. The molecule has 2 aliphatic rings. The Bertz CT molecular complexity index is 800. The average molecular weight is 348 g/mol. The number of hydrogen-bond donors (Lipinski definition) is 0. The maximum absolute atomic E-state index is 13.2. The summed E-state index contributed by atoms with van der Waals surface area (Å²) in [6.45, 7) is 2.54. The highest BCUT2D eigenvalue weighted by atomic mass is 32.2. The number of rotatable bonds is 3. The molecule has 1 aromatic heterocycles. The van der Waals surface area contributed by atoms with E-state index in [-0.39, 0.29) is 12.6 Å². The van der Waals surface area contributed by atoms with Crippen LogP contribution >= 0.6 is 0 Å². The molecule has 1 saturated heterocycles. The first-order chi connectivity index (χ1) is 11.7. The number of benzene rings is 1. The van der Waals surface area contributed by atoms with Crippen molar-refractivity contribution in [1.29, 1.82) is 0 Å². The highest BCUT2D eigenvalue weighted by molar-refractivity contribution is 7.86. The maximum Gasteiger partial charge on any atom is 0.283 e. The summed E-state index contributed by atoms with van der Waals surface area (Å²) in [5.74, 6) is 0.777. The van der Waals surface area contributed by atoms with Crippen LogP contribution in [0.1, 0.15) is 17.4 Å². The van der Waals surface area contributed by atoms with Crippen LogP contribution in [0.5, 0.6) is 0 Å². The molecule has 2 aromatic rings. The van der Waals surface area contributed by atoms with Crippen LogP contribution in [-0.2, 0) is 28.0 Å². The molecular weight excluding hydrogens is 328 g/mol. The van der Waals surface area contributed by atoms with Gasteiger partial charge in [-0.3, -0.25) is 0 Å². The summed E-state index contributed by atoms with van der Waals surface area (Å²) in [5.41, 5.74) is 0.994. The molecule has 24 heavy (non-hydrogen) atoms. The molecule has 2 aliphatic heterocycles. The van der Waals surface area contributed by atoms with E-state index in [1.807, 2.05) is 41.1 Å². The van der Waals surface area contributed by atoms with Crippen LogP contribution < -0.4 is 0 Å². The van der Waals surface area contributed by atoms with Gasteiger partial charge in [-0.2, -0.15) is 17.0 Å². The molecule has 0 saturated carbocycles. The number of imidazole rings is 1. The lowest BCUT2D eigenvalue weighted by Gasteiger charge is -2.39. The minimum atomic E-state index is -3.57. The molecule has 0 aliphatic carbocycles. The molecule has 128 valence electrons. The highest BCUT2D eigenvalue weighted by Crippen LogP contribution is 2.32. The zero-order valence-electron chi connectivity index (χ0n) is 13.3. The Labute approximate surface area is 141 Å². The van der Waals surface area contributed by atoms with Gasteiger partial charge in [-0.05, 0) is 5.56 Å². The van der Waals surface area contributed by atoms with Crippen molar-refractivity contribution in [2.45, 2.75) is 19.1 Å². The number of nitrogens with zero attached hydrogens (tertiary/aromatic N) is 4. The summed E-state index contributed by atoms with van der Waals surface area (Å²) in [7, 11) is -3.57. The third-order valence-electron chi connectivity index (χ3n) is 4.59. The monoisotopic (exact) mass is 348 g/mol. The van der Waals surface area contributed by atoms with Crippen LogP contribution in [0.4, 0.5) is 0 Å². The van der Waals surface area contributed by atoms with Crippen molar-refractivity contribution in [1.82, 2.24) is 18.2 Å². The van der Waals surface area contributed by atoms with E-state index >= 15 is 0 Å². The number of morpholine rings is 1. The molecular formula is C16H20N4O3S. The fourth-order valence-electron chi connectivity index (χ4n) is 3.30. The van der Waals surface area contributed by atoms with Gasteiger partial charge in [0.15, 0.2) is 0 Å². The van der Waals surface area contributed by atoms with Gasteiger partial charge >= 0.3 is 0 Å². The lowest BCUT2D eigenvalue weighted by molar-refractivity contribution is 0.0678. The Morgan fingerprint density at radius 3 is 2.62 bits per heavy atom. The SMILES string of the molecule is O=S(=O)(N1CCOCC1)N1Cc2nccn2C[C@H]1c1ccccc1. The normalized spacial score (nSPS) is 23.1. The minimum absolute atomic E-state index is 0.235. The second kappa shape index (κ2) is 6.29. The van der Waals surface area contributed by atoms with E-state index in [9.17, 15) is 8.42 Å². The topological polar surface area (TPSA) is 67.7 Å². The fourth-order valence-corrected chi connectivity index (χ4v) is 5.00. The lowest BCUT2D eigenvalue weighted by Crippen LogP contribution is -2.51. The predicted octanol–water partition coefficient (Wildman–Crippen LogP) is 1.02. The predicted molar refractivity (Wildman–Crippen MR) is 88.3 cm³/mol. The van der Waals surface area contributed by atoms with Crippen LogP contribution in [-0.4, -0.2) is 52.9 Å². The average Bonchev–Trinajstić information content (AvgIpc) is 3.10. The summed E-state index contributed by atoms with van der Waals surface area (Å²) in [5, 5.41) is 0. The Morgan fingerprint density at radius 2 is 1.88 bits per heavy atom. The number of aromatic nitrogens is 2. The van der Waals surface area contributed by atoms with Crippen LogP contribution in [0.25, 0.3) is 0 Å². The van der Waals surface area contributed by atoms with Crippen molar-refractivity contribution in [2.24, 2.45) is 0 Å². The first-order valence-corrected chi connectivity index (χ1v) is 9.45. The van der Waals surface area contributed by atoms with E-state index in [4.69, 9.17) is 4.74 Å². The Balaban J connectivity index is 1.72. The number of ether oxygens (including phenoxy) is 1. The molecule has 0 spiro atoms. The summed E-state index contributed by atoms with van der Waals surface area (Å²) >= 11 is 0. The smallest absolute Gasteiger partial charge is 0.283 e. The van der Waals surface area contributed by atoms with Gasteiger partial charge in [-0.25, -0.2) is 4.98 Å². The van der Waals surface area contributed by atoms with Gasteiger partial charge in [0, 0.05) is 32.0 Å². The Hall–Kier alpha value is -1.74. The van der Waals surface area contributed by atoms with Crippen molar-refractivity contribution >= 4 is 10.2 Å². The number of fused-ring (bicyclic) bond motifs is 1. The van der Waals surface area contributed by atoms with Crippen LogP contribution in [0.15, 0.2) is 42.7 Å². The van der Waals surface area contributed by atoms with Crippen LogP contribution in [0, 0.1) is 0 Å². The van der Waals surface area contributed by atoms with E-state index in [0.717, 1.165) is 11.4 Å². The van der Waals surface area contributed by atoms with Gasteiger partial charge in [0.2, 0.25) is 0 Å². The molecule has 7 nitrogen and oxygen atoms in total. The van der Waals surface area contributed by atoms with E-state index in [1.165, 1.54) is 4.31 Å². The van der Waals surface area contributed by atoms with Gasteiger partial charge < -0.3 is 9.30 Å². The van der Waals surface area contributed by atoms with Gasteiger partial charge in [-0.1, -0.05) is 30.3 Å². The van der Waals surface area contributed by atoms with Crippen molar-refractivity contribution in [3.63, 3.8) is 0 Å². The molecule has 1 fully saturated rings. The molecule has 0 amide bonds. The third kappa shape index (κ3) is 2.75. The van der Waals surface area contributed by atoms with Crippen LogP contribution in [0.3, 0.4) is 0 Å². The maximum atomic E-state index is 13.2. The third-order valence-corrected chi connectivity index (χ3v) is 6.59. The molecule has 1 aromatic carbocycles. The molecule has 0 radical (unpaired) electrons. The zero-order valence-corrected chi connectivity index (χ0v) is 14.1. The van der Waals surface area contributed by atoms with Crippen molar-refractivity contribution < 1.29 is 13.2 Å². The quantitative estimate of drug-likeness (QED) is 0.830. The first-order valence-electron chi connectivity index (χ1n) is 8.06. The summed E-state index contributed by atoms with van der Waals surface area (Å²) in [4.78, 5) is 4.31. The minimum Gasteiger partial charge on any atom is -0.379 e. The largest absolute Gasteiger partial charge is 0.379 e. The summed E-state index contributed by atoms with van der Waals surface area (Å²) in [6, 6.07) is 9.55. The molecule has 4 rings (SSSR count). The van der Waals surface area contributed by atoms with E-state index in [1.54, 1.807) is 10.5 Å². The molecule has 3 heterocycles. The molecule has 0 N–H and O–H groups in total. The summed E-state index contributed by atoms with van der Waals surface area (Å²) in [6.07, 6.45) is 3.63. The Kier molecular flexibility index (Phi) is 4.13. The van der Waals surface area contributed by atoms with Crippen molar-refractivity contribution in [3.8, 4) is 0 Å². The second-order valence-corrected chi connectivity index (χ2v) is 7.87. The fraction of sp³-hybridized carbons (Fsp3) is 0.438. The second-order valence-electron chi connectivity index (χ2n) is 5.99. The van der Waals surface area contributed by atoms with Gasteiger partial charge in [0.05, 0.1) is 25.8 Å². The highest BCUT2D eigenvalue weighted by Gasteiger charge is 2.39. The Morgan fingerprint density at radius 1 is 1.12 bits per heavy atom. The van der Waals surface area contributed by atoms with Gasteiger partial charge in [-0.15, -0.1) is 0 Å². The van der Waals surface area contributed by atoms with Gasteiger partial charge in [0.25, 0.3) is 10.2 Å². The molecule has 0 unspecified atom stereocenters. The molecule has 1 atom stereocenters. The van der Waals surface area contributed by atoms with Crippen molar-refractivity contribution in [2.75, 3.05) is 26.3 Å². The summed E-state index contributed by atoms with van der Waals surface area (Å²) < 4.78 is 36.9. The van der Waals surface area contributed by atoms with Crippen molar-refractivity contribution in [3.05, 3.63) is 54.1 Å². The standard InChI is InChI=1S/C16H20N4O3S/c21-24(22,19-8-10-23-11-9-19)20-13-16-17-6-7-18(16)12-15(20)14-4-2-1-3-5-14/h1-7,15H,8-13H2/t15-/m0/s1. The van der Waals surface area contributed by atoms with Gasteiger partial charge in [0.1, 0.15) is 5.82 Å². The van der Waals surface area contributed by atoms with E-state index in [0.29, 0.717) is 32.8 Å². The van der Waals surface area contributed by atoms with E-state index in [2.05, 4.69) is 4.98 Å². The van der Waals surface area contributed by atoms with Crippen LogP contribution in [0.2, 0.25) is 0 Å².